The minimum atomic E-state index is 0.153. The van der Waals surface area contributed by atoms with Crippen molar-refractivity contribution in [2.24, 2.45) is 0 Å². The Bertz CT molecular complexity index is 533. The molecule has 0 N–H and O–H groups in total. The molecule has 6 heteroatoms. The molecule has 1 heterocycles. The van der Waals surface area contributed by atoms with E-state index >= 15 is 0 Å². The maximum Gasteiger partial charge on any atom is 0.0843 e. The molecular formula is C11H5Br4ClS. The van der Waals surface area contributed by atoms with Gasteiger partial charge in [-0.25, -0.2) is 0 Å². The van der Waals surface area contributed by atoms with Gasteiger partial charge in [-0.15, -0.1) is 11.3 Å². The van der Waals surface area contributed by atoms with E-state index in [0.717, 1.165) is 23.3 Å². The summed E-state index contributed by atoms with van der Waals surface area (Å²) in [6.45, 7) is 0. The lowest BCUT2D eigenvalue weighted by atomic mass is 10.1. The molecule has 0 bridgehead atoms. The monoisotopic (exact) mass is 520 g/mol. The van der Waals surface area contributed by atoms with Crippen molar-refractivity contribution < 1.29 is 0 Å². The molecule has 17 heavy (non-hydrogen) atoms. The normalized spacial score (nSPS) is 12.8. The molecule has 90 valence electrons. The van der Waals surface area contributed by atoms with Crippen molar-refractivity contribution in [1.82, 2.24) is 0 Å². The lowest BCUT2D eigenvalue weighted by Crippen LogP contribution is -1.89. The van der Waals surface area contributed by atoms with Gasteiger partial charge in [0.15, 0.2) is 0 Å². The zero-order valence-electron chi connectivity index (χ0n) is 8.18. The predicted octanol–water partition coefficient (Wildman–Crippen LogP) is 7.17. The van der Waals surface area contributed by atoms with Crippen molar-refractivity contribution in [1.29, 1.82) is 0 Å². The lowest BCUT2D eigenvalue weighted by Gasteiger charge is -2.09. The molecule has 0 spiro atoms. The van der Waals surface area contributed by atoms with Gasteiger partial charge in [-0.3, -0.25) is 0 Å². The Hall–Kier alpha value is 1.13. The van der Waals surface area contributed by atoms with E-state index in [1.807, 2.05) is 12.1 Å². The third-order valence-electron chi connectivity index (χ3n) is 2.15. The van der Waals surface area contributed by atoms with E-state index in [1.54, 1.807) is 11.3 Å². The molecule has 0 saturated heterocycles. The molecule has 0 fully saturated rings. The summed E-state index contributed by atoms with van der Waals surface area (Å²) in [5.74, 6) is 0. The van der Waals surface area contributed by atoms with Crippen LogP contribution in [0.5, 0.6) is 0 Å². The smallest absolute Gasteiger partial charge is 0.0843 e. The van der Waals surface area contributed by atoms with Gasteiger partial charge in [0.25, 0.3) is 0 Å². The Balaban J connectivity index is 2.36. The minimum absolute atomic E-state index is 0.153. The van der Waals surface area contributed by atoms with Gasteiger partial charge >= 0.3 is 0 Å². The molecule has 0 aliphatic carbocycles. The van der Waals surface area contributed by atoms with Crippen LogP contribution in [0.25, 0.3) is 0 Å². The highest BCUT2D eigenvalue weighted by atomic mass is 79.9. The number of hydrogen-bond acceptors (Lipinski definition) is 1. The van der Waals surface area contributed by atoms with Gasteiger partial charge in [0.05, 0.1) is 13.6 Å². The molecule has 0 radical (unpaired) electrons. The zero-order valence-corrected chi connectivity index (χ0v) is 16.1. The quantitative estimate of drug-likeness (QED) is 0.366. The summed E-state index contributed by atoms with van der Waals surface area (Å²) in [4.78, 5) is 1.38. The first-order chi connectivity index (χ1) is 7.99. The minimum Gasteiger partial charge on any atom is -0.131 e. The number of alkyl halides is 1. The average Bonchev–Trinajstić information content (AvgIpc) is 2.62. The molecule has 0 amide bonds. The molecule has 1 aromatic heterocycles. The van der Waals surface area contributed by atoms with Crippen molar-refractivity contribution >= 4 is 86.7 Å². The Kier molecular flexibility index (Phi) is 5.18. The van der Waals surface area contributed by atoms with Crippen molar-refractivity contribution in [3.8, 4) is 0 Å². The highest BCUT2D eigenvalue weighted by molar-refractivity contribution is 9.13. The first kappa shape index (κ1) is 14.5. The van der Waals surface area contributed by atoms with Crippen molar-refractivity contribution in [2.45, 2.75) is 4.83 Å². The highest BCUT2D eigenvalue weighted by Crippen LogP contribution is 2.42. The van der Waals surface area contributed by atoms with Gasteiger partial charge in [0.2, 0.25) is 0 Å². The Morgan fingerprint density at radius 2 is 1.76 bits per heavy atom. The summed E-state index contributed by atoms with van der Waals surface area (Å²) in [6.07, 6.45) is 0. The molecule has 0 nitrogen and oxygen atoms in total. The van der Waals surface area contributed by atoms with Crippen molar-refractivity contribution in [2.75, 3.05) is 0 Å². The van der Waals surface area contributed by atoms with Crippen LogP contribution >= 0.6 is 86.7 Å². The standard InChI is InChI=1S/C11H5Br4ClS/c12-6-2-1-5(3-8(6)16)10(14)9-4-7(13)11(15)17-9/h1-4,10H. The second kappa shape index (κ2) is 6.06. The van der Waals surface area contributed by atoms with Crippen molar-refractivity contribution in [3.63, 3.8) is 0 Å². The number of thiophene rings is 1. The molecule has 1 atom stereocenters. The fourth-order valence-electron chi connectivity index (χ4n) is 1.32. The van der Waals surface area contributed by atoms with Crippen LogP contribution in [0.2, 0.25) is 5.02 Å². The summed E-state index contributed by atoms with van der Waals surface area (Å²) in [5.41, 5.74) is 1.14. The molecule has 2 rings (SSSR count). The fraction of sp³-hybridized carbons (Fsp3) is 0.0909. The molecule has 0 aliphatic heterocycles. The second-order valence-electron chi connectivity index (χ2n) is 3.31. The second-order valence-corrected chi connectivity index (χ2v) is 8.74. The average molecular weight is 524 g/mol. The predicted molar refractivity (Wildman–Crippen MR) is 89.6 cm³/mol. The van der Waals surface area contributed by atoms with Gasteiger partial charge in [0.1, 0.15) is 0 Å². The summed E-state index contributed by atoms with van der Waals surface area (Å²) in [5, 5.41) is 0.724. The van der Waals surface area contributed by atoms with Crippen LogP contribution in [-0.4, -0.2) is 0 Å². The van der Waals surface area contributed by atoms with E-state index in [0.29, 0.717) is 0 Å². The van der Waals surface area contributed by atoms with Gasteiger partial charge in [-0.1, -0.05) is 33.6 Å². The molecular weight excluding hydrogens is 519 g/mol. The first-order valence-corrected chi connectivity index (χ1v) is 9.01. The van der Waals surface area contributed by atoms with E-state index in [1.165, 1.54) is 4.88 Å². The first-order valence-electron chi connectivity index (χ1n) is 4.53. The van der Waals surface area contributed by atoms with Crippen LogP contribution in [0.3, 0.4) is 0 Å². The number of halogens is 5. The largest absolute Gasteiger partial charge is 0.131 e. The van der Waals surface area contributed by atoms with Crippen LogP contribution in [-0.2, 0) is 0 Å². The van der Waals surface area contributed by atoms with E-state index in [-0.39, 0.29) is 4.83 Å². The van der Waals surface area contributed by atoms with Crippen LogP contribution in [0.1, 0.15) is 15.3 Å². The van der Waals surface area contributed by atoms with E-state index in [9.17, 15) is 0 Å². The summed E-state index contributed by atoms with van der Waals surface area (Å²) in [7, 11) is 0. The van der Waals surface area contributed by atoms with Crippen LogP contribution in [0.4, 0.5) is 0 Å². The Morgan fingerprint density at radius 3 is 2.29 bits per heavy atom. The third kappa shape index (κ3) is 3.37. The maximum absolute atomic E-state index is 6.10. The fourth-order valence-corrected chi connectivity index (χ4v) is 4.55. The SMILES string of the molecule is Clc1cc(C(Br)c2cc(Br)c(Br)s2)ccc1Br. The van der Waals surface area contributed by atoms with Crippen LogP contribution < -0.4 is 0 Å². The number of hydrogen-bond donors (Lipinski definition) is 0. The van der Waals surface area contributed by atoms with E-state index in [4.69, 9.17) is 11.6 Å². The molecule has 1 aromatic carbocycles. The highest BCUT2D eigenvalue weighted by Gasteiger charge is 2.15. The Labute approximate surface area is 142 Å². The van der Waals surface area contributed by atoms with E-state index < -0.39 is 0 Å². The van der Waals surface area contributed by atoms with Gasteiger partial charge in [-0.05, 0) is 71.6 Å². The van der Waals surface area contributed by atoms with Gasteiger partial charge in [0, 0.05) is 13.8 Å². The summed E-state index contributed by atoms with van der Waals surface area (Å²) >= 11 is 21.9. The zero-order chi connectivity index (χ0) is 12.6. The molecule has 2 aromatic rings. The van der Waals surface area contributed by atoms with Crippen LogP contribution in [0, 0.1) is 0 Å². The van der Waals surface area contributed by atoms with Crippen LogP contribution in [0.15, 0.2) is 37.0 Å². The van der Waals surface area contributed by atoms with Crippen molar-refractivity contribution in [3.05, 3.63) is 52.5 Å². The van der Waals surface area contributed by atoms with E-state index in [2.05, 4.69) is 75.9 Å². The number of rotatable bonds is 2. The van der Waals surface area contributed by atoms with Gasteiger partial charge in [-0.2, -0.15) is 0 Å². The molecule has 0 aliphatic rings. The lowest BCUT2D eigenvalue weighted by molar-refractivity contribution is 1.22. The summed E-state index contributed by atoms with van der Waals surface area (Å²) in [6, 6.07) is 8.08. The topological polar surface area (TPSA) is 0 Å². The molecule has 0 saturated carbocycles. The maximum atomic E-state index is 6.10. The molecule has 1 unspecified atom stereocenters. The Morgan fingerprint density at radius 1 is 1.06 bits per heavy atom. The number of benzene rings is 1. The summed E-state index contributed by atoms with van der Waals surface area (Å²) < 4.78 is 3.08. The third-order valence-corrected chi connectivity index (χ3v) is 8.03. The van der Waals surface area contributed by atoms with Gasteiger partial charge < -0.3 is 0 Å².